The van der Waals surface area contributed by atoms with Gasteiger partial charge in [-0.05, 0) is 48.5 Å². The van der Waals surface area contributed by atoms with Gasteiger partial charge in [-0.3, -0.25) is 16.0 Å². The number of urea groups is 1. The maximum atomic E-state index is 13.1. The number of carbonyl (C=O) groups is 4. The van der Waals surface area contributed by atoms with Crippen molar-refractivity contribution in [3.63, 3.8) is 0 Å². The predicted octanol–water partition coefficient (Wildman–Crippen LogP) is 6.29. The van der Waals surface area contributed by atoms with Crippen LogP contribution in [0.15, 0.2) is 121 Å². The van der Waals surface area contributed by atoms with Crippen molar-refractivity contribution in [3.8, 4) is 0 Å². The Balaban J connectivity index is 1.52. The Morgan fingerprint density at radius 2 is 0.705 bits per heavy atom. The Labute approximate surface area is 253 Å². The fourth-order valence-electron chi connectivity index (χ4n) is 3.80. The summed E-state index contributed by atoms with van der Waals surface area (Å²) in [5, 5.41) is 13.1. The van der Waals surface area contributed by atoms with E-state index in [1.54, 1.807) is 121 Å². The van der Waals surface area contributed by atoms with Crippen LogP contribution in [0.3, 0.4) is 0 Å². The van der Waals surface area contributed by atoms with Gasteiger partial charge >= 0.3 is 24.3 Å². The monoisotopic (exact) mass is 597 g/mol. The van der Waals surface area contributed by atoms with Gasteiger partial charge in [-0.15, -0.1) is 0 Å². The second-order valence-corrected chi connectivity index (χ2v) is 9.43. The lowest BCUT2D eigenvalue weighted by molar-refractivity contribution is 0.0285. The van der Waals surface area contributed by atoms with Crippen LogP contribution in [0.25, 0.3) is 0 Å². The van der Waals surface area contributed by atoms with Crippen molar-refractivity contribution in [2.24, 2.45) is 0 Å². The van der Waals surface area contributed by atoms with Crippen LogP contribution in [0.4, 0.5) is 41.9 Å². The topological polar surface area (TPSA) is 156 Å². The van der Waals surface area contributed by atoms with E-state index in [0.29, 0.717) is 22.7 Å². The predicted molar refractivity (Wildman–Crippen MR) is 166 cm³/mol. The van der Waals surface area contributed by atoms with E-state index in [4.69, 9.17) is 14.2 Å². The summed E-state index contributed by atoms with van der Waals surface area (Å²) in [6, 6.07) is 33.5. The number of hydrogen-bond donors (Lipinski definition) is 5. The maximum Gasteiger partial charge on any atom is 0.411 e. The number of nitrogens with one attached hydrogen (secondary N) is 5. The lowest BCUT2D eigenvalue weighted by Crippen LogP contribution is -2.60. The molecule has 4 aromatic carbocycles. The zero-order chi connectivity index (χ0) is 31.0. The van der Waals surface area contributed by atoms with E-state index >= 15 is 0 Å². The number of hydrogen-bond acceptors (Lipinski definition) is 7. The molecule has 4 rings (SSSR count). The van der Waals surface area contributed by atoms with E-state index in [9.17, 15) is 19.2 Å². The first kappa shape index (κ1) is 30.9. The fourth-order valence-corrected chi connectivity index (χ4v) is 3.80. The minimum absolute atomic E-state index is 0.465. The molecule has 44 heavy (non-hydrogen) atoms. The average molecular weight is 598 g/mol. The average Bonchev–Trinajstić information content (AvgIpc) is 3.04. The first-order valence-corrected chi connectivity index (χ1v) is 13.5. The molecule has 0 fully saturated rings. The van der Waals surface area contributed by atoms with Crippen LogP contribution in [-0.2, 0) is 14.2 Å². The van der Waals surface area contributed by atoms with Crippen LogP contribution in [0.5, 0.6) is 0 Å². The lowest BCUT2D eigenvalue weighted by Gasteiger charge is -2.33. The lowest BCUT2D eigenvalue weighted by atomic mass is 10.0. The molecule has 0 unspecified atom stereocenters. The summed E-state index contributed by atoms with van der Waals surface area (Å²) in [7, 11) is 0. The molecule has 0 saturated carbocycles. The summed E-state index contributed by atoms with van der Waals surface area (Å²) in [4.78, 5) is 51.2. The van der Waals surface area contributed by atoms with Crippen LogP contribution < -0.4 is 26.6 Å². The zero-order valence-electron chi connectivity index (χ0n) is 23.5. The summed E-state index contributed by atoms with van der Waals surface area (Å²) in [6.45, 7) is -1.65. The molecule has 0 heterocycles. The molecule has 0 aliphatic carbocycles. The van der Waals surface area contributed by atoms with Gasteiger partial charge in [0, 0.05) is 22.7 Å². The van der Waals surface area contributed by atoms with E-state index in [-0.39, 0.29) is 0 Å². The molecule has 4 aromatic rings. The molecule has 226 valence electrons. The molecule has 12 heteroatoms. The van der Waals surface area contributed by atoms with Gasteiger partial charge in [0.2, 0.25) is 0 Å². The van der Waals surface area contributed by atoms with Crippen molar-refractivity contribution in [2.75, 3.05) is 41.1 Å². The van der Waals surface area contributed by atoms with Crippen LogP contribution in [0.2, 0.25) is 0 Å². The zero-order valence-corrected chi connectivity index (χ0v) is 23.5. The highest BCUT2D eigenvalue weighted by molar-refractivity contribution is 5.90. The Morgan fingerprint density at radius 3 is 1.00 bits per heavy atom. The minimum Gasteiger partial charge on any atom is -0.447 e. The first-order valence-electron chi connectivity index (χ1n) is 13.5. The number of rotatable bonds is 11. The Morgan fingerprint density at radius 1 is 0.432 bits per heavy atom. The molecule has 0 bridgehead atoms. The van der Waals surface area contributed by atoms with Crippen LogP contribution in [0, 0.1) is 0 Å². The van der Waals surface area contributed by atoms with Crippen molar-refractivity contribution in [2.45, 2.75) is 5.54 Å². The first-order chi connectivity index (χ1) is 21.4. The van der Waals surface area contributed by atoms with Gasteiger partial charge < -0.3 is 24.8 Å². The molecule has 5 amide bonds. The Hall–Kier alpha value is -6.04. The largest absolute Gasteiger partial charge is 0.447 e. The van der Waals surface area contributed by atoms with Crippen LogP contribution in [0.1, 0.15) is 0 Å². The Kier molecular flexibility index (Phi) is 11.1. The second kappa shape index (κ2) is 15.8. The van der Waals surface area contributed by atoms with E-state index in [2.05, 4.69) is 26.6 Å². The molecule has 12 nitrogen and oxygen atoms in total. The summed E-state index contributed by atoms with van der Waals surface area (Å²) < 4.78 is 16.3. The van der Waals surface area contributed by atoms with Crippen LogP contribution >= 0.6 is 0 Å². The van der Waals surface area contributed by atoms with Crippen molar-refractivity contribution < 1.29 is 33.4 Å². The van der Waals surface area contributed by atoms with E-state index in [1.807, 2.05) is 0 Å². The maximum absolute atomic E-state index is 13.1. The number of carbonyl (C=O) groups excluding carboxylic acids is 4. The van der Waals surface area contributed by atoms with E-state index in [1.165, 1.54) is 0 Å². The van der Waals surface area contributed by atoms with Gasteiger partial charge in [0.25, 0.3) is 0 Å². The summed E-state index contributed by atoms with van der Waals surface area (Å²) in [6.07, 6.45) is -2.56. The summed E-state index contributed by atoms with van der Waals surface area (Å²) >= 11 is 0. The second-order valence-electron chi connectivity index (χ2n) is 9.43. The molecule has 0 aliphatic heterocycles. The van der Waals surface area contributed by atoms with Gasteiger partial charge in [0.1, 0.15) is 25.4 Å². The van der Waals surface area contributed by atoms with E-state index in [0.717, 1.165) is 0 Å². The standard InChI is InChI=1S/C32H31N5O7/c38-28(33-24-13-5-1-6-14-24)37-32(21-42-29(39)34-25-15-7-2-8-16-25,22-43-30(40)35-26-17-9-3-10-18-26)23-44-31(41)36-27-19-11-4-12-20-27/h1-20H,21-23H2,(H,34,39)(H,35,40)(H,36,41)(H2,33,37,38). The highest BCUT2D eigenvalue weighted by Crippen LogP contribution is 2.15. The Bertz CT molecular complexity index is 1370. The van der Waals surface area contributed by atoms with Crippen LogP contribution in [-0.4, -0.2) is 49.7 Å². The third-order valence-electron chi connectivity index (χ3n) is 5.91. The number of anilines is 4. The summed E-state index contributed by atoms with van der Waals surface area (Å²) in [5.74, 6) is 0. The van der Waals surface area contributed by atoms with E-state index < -0.39 is 49.7 Å². The fraction of sp³-hybridized carbons (Fsp3) is 0.125. The van der Waals surface area contributed by atoms with Gasteiger partial charge in [-0.1, -0.05) is 72.8 Å². The molecule has 0 radical (unpaired) electrons. The molecular formula is C32H31N5O7. The highest BCUT2D eigenvalue weighted by Gasteiger charge is 2.38. The normalized spacial score (nSPS) is 10.5. The SMILES string of the molecule is O=C(Nc1ccccc1)NC(COC(=O)Nc1ccccc1)(COC(=O)Nc1ccccc1)COC(=O)Nc1ccccc1. The smallest absolute Gasteiger partial charge is 0.411 e. The molecule has 0 spiro atoms. The van der Waals surface area contributed by atoms with Gasteiger partial charge in [0.05, 0.1) is 0 Å². The van der Waals surface area contributed by atoms with Crippen molar-refractivity contribution in [1.29, 1.82) is 0 Å². The third-order valence-corrected chi connectivity index (χ3v) is 5.91. The molecule has 0 atom stereocenters. The van der Waals surface area contributed by atoms with Crippen molar-refractivity contribution in [3.05, 3.63) is 121 Å². The number of para-hydroxylation sites is 4. The quantitative estimate of drug-likeness (QED) is 0.127. The van der Waals surface area contributed by atoms with Crippen molar-refractivity contribution >= 4 is 47.1 Å². The summed E-state index contributed by atoms with van der Waals surface area (Å²) in [5.41, 5.74) is 0.140. The highest BCUT2D eigenvalue weighted by atomic mass is 16.6. The van der Waals surface area contributed by atoms with Crippen molar-refractivity contribution in [1.82, 2.24) is 5.32 Å². The van der Waals surface area contributed by atoms with Gasteiger partial charge in [0.15, 0.2) is 0 Å². The number of benzene rings is 4. The molecule has 0 aliphatic rings. The molecule has 0 aromatic heterocycles. The van der Waals surface area contributed by atoms with Gasteiger partial charge in [-0.25, -0.2) is 19.2 Å². The molecular weight excluding hydrogens is 566 g/mol. The molecule has 0 saturated heterocycles. The minimum atomic E-state index is -1.73. The third kappa shape index (κ3) is 10.4. The number of amides is 5. The van der Waals surface area contributed by atoms with Gasteiger partial charge in [-0.2, -0.15) is 0 Å². The molecule has 5 N–H and O–H groups in total. The number of ether oxygens (including phenoxy) is 3.